The van der Waals surface area contributed by atoms with Gasteiger partial charge in [0.15, 0.2) is 5.75 Å². The van der Waals surface area contributed by atoms with Crippen LogP contribution in [0.1, 0.15) is 11.1 Å². The molecule has 126 valence electrons. The van der Waals surface area contributed by atoms with Crippen LogP contribution in [0.15, 0.2) is 42.0 Å². The van der Waals surface area contributed by atoms with E-state index in [-0.39, 0.29) is 11.1 Å². The second-order valence-corrected chi connectivity index (χ2v) is 5.16. The number of phenols is 2. The summed E-state index contributed by atoms with van der Waals surface area (Å²) in [6.45, 7) is 1.84. The molecule has 1 amide bonds. The molecule has 8 heteroatoms. The number of hydrogen-bond donors (Lipinski definition) is 3. The van der Waals surface area contributed by atoms with Crippen molar-refractivity contribution in [3.63, 3.8) is 0 Å². The average Bonchev–Trinajstić information content (AvgIpc) is 2.55. The molecule has 0 fully saturated rings. The highest BCUT2D eigenvalue weighted by Gasteiger charge is 2.19. The van der Waals surface area contributed by atoms with Gasteiger partial charge in [0.1, 0.15) is 11.6 Å². The minimum Gasteiger partial charge on any atom is -0.504 e. The zero-order valence-electron chi connectivity index (χ0n) is 13.1. The molecule has 0 aliphatic heterocycles. The summed E-state index contributed by atoms with van der Waals surface area (Å²) >= 11 is 0. The minimum absolute atomic E-state index is 0.0259. The van der Waals surface area contributed by atoms with Crippen molar-refractivity contribution in [3.05, 3.63) is 63.2 Å². The third kappa shape index (κ3) is 4.11. The normalized spacial score (nSPS) is 10.8. The van der Waals surface area contributed by atoms with E-state index in [0.29, 0.717) is 5.69 Å². The summed E-state index contributed by atoms with van der Waals surface area (Å²) in [6.07, 6.45) is 1.08. The predicted octanol–water partition coefficient (Wildman–Crippen LogP) is 2.86. The van der Waals surface area contributed by atoms with Gasteiger partial charge < -0.3 is 15.5 Å². The smallest absolute Gasteiger partial charge is 0.315 e. The topological polar surface area (TPSA) is 136 Å². The van der Waals surface area contributed by atoms with Crippen molar-refractivity contribution in [1.29, 1.82) is 5.26 Å². The van der Waals surface area contributed by atoms with Gasteiger partial charge in [0.25, 0.3) is 5.91 Å². The molecule has 0 unspecified atom stereocenters. The third-order valence-corrected chi connectivity index (χ3v) is 3.24. The van der Waals surface area contributed by atoms with E-state index in [1.807, 2.05) is 13.0 Å². The summed E-state index contributed by atoms with van der Waals surface area (Å²) in [5.74, 6) is -2.31. The van der Waals surface area contributed by atoms with Gasteiger partial charge in [-0.3, -0.25) is 14.9 Å². The van der Waals surface area contributed by atoms with E-state index in [1.54, 1.807) is 24.3 Å². The van der Waals surface area contributed by atoms with Crippen molar-refractivity contribution < 1.29 is 19.9 Å². The second-order valence-electron chi connectivity index (χ2n) is 5.16. The minimum atomic E-state index is -0.884. The molecule has 3 N–H and O–H groups in total. The molecule has 0 aliphatic carbocycles. The molecular formula is C17H13N3O5. The number of anilines is 1. The quantitative estimate of drug-likeness (QED) is 0.257. The van der Waals surface area contributed by atoms with Gasteiger partial charge in [0, 0.05) is 11.8 Å². The Labute approximate surface area is 142 Å². The number of nitrogens with one attached hydrogen (secondary N) is 1. The number of aryl methyl sites for hydroxylation is 1. The number of benzene rings is 2. The van der Waals surface area contributed by atoms with Crippen LogP contribution in [0.2, 0.25) is 0 Å². The Morgan fingerprint density at radius 2 is 2.04 bits per heavy atom. The molecule has 2 aromatic carbocycles. The highest BCUT2D eigenvalue weighted by Crippen LogP contribution is 2.36. The molecule has 2 aromatic rings. The van der Waals surface area contributed by atoms with Crippen molar-refractivity contribution in [2.45, 2.75) is 6.92 Å². The van der Waals surface area contributed by atoms with E-state index in [0.717, 1.165) is 23.8 Å². The zero-order chi connectivity index (χ0) is 18.6. The standard InChI is InChI=1S/C17H13N3O5/c1-10-3-2-4-13(5-10)19-17(23)12(9-18)6-11-7-14(20(24)25)16(22)15(21)8-11/h2-8,21-22H,1H3,(H,19,23)/b12-6-. The summed E-state index contributed by atoms with van der Waals surface area (Å²) in [5, 5.41) is 41.6. The van der Waals surface area contributed by atoms with Crippen molar-refractivity contribution in [2.75, 3.05) is 5.32 Å². The maximum absolute atomic E-state index is 12.2. The van der Waals surface area contributed by atoms with Gasteiger partial charge >= 0.3 is 5.69 Å². The van der Waals surface area contributed by atoms with Gasteiger partial charge in [-0.25, -0.2) is 0 Å². The lowest BCUT2D eigenvalue weighted by Gasteiger charge is -2.06. The van der Waals surface area contributed by atoms with Crippen LogP contribution in [0, 0.1) is 28.4 Å². The number of nitro groups is 1. The fraction of sp³-hybridized carbons (Fsp3) is 0.0588. The Hall–Kier alpha value is -3.86. The molecule has 0 bridgehead atoms. The SMILES string of the molecule is Cc1cccc(NC(=O)/C(C#N)=C\c2cc(O)c(O)c([N+](=O)[O-])c2)c1. The van der Waals surface area contributed by atoms with E-state index in [9.17, 15) is 25.1 Å². The first-order valence-corrected chi connectivity index (χ1v) is 7.02. The van der Waals surface area contributed by atoms with Crippen LogP contribution in [0.4, 0.5) is 11.4 Å². The Balaban J connectivity index is 2.35. The highest BCUT2D eigenvalue weighted by atomic mass is 16.6. The van der Waals surface area contributed by atoms with E-state index >= 15 is 0 Å². The lowest BCUT2D eigenvalue weighted by molar-refractivity contribution is -0.386. The number of carbonyl (C=O) groups is 1. The van der Waals surface area contributed by atoms with Crippen LogP contribution in [0.5, 0.6) is 11.5 Å². The molecule has 0 heterocycles. The van der Waals surface area contributed by atoms with Crippen LogP contribution in [-0.4, -0.2) is 21.0 Å². The lowest BCUT2D eigenvalue weighted by atomic mass is 10.1. The number of nitriles is 1. The third-order valence-electron chi connectivity index (χ3n) is 3.24. The summed E-state index contributed by atoms with van der Waals surface area (Å²) in [6, 6.07) is 10.6. The molecular weight excluding hydrogens is 326 g/mol. The fourth-order valence-corrected chi connectivity index (χ4v) is 2.08. The Bertz CT molecular complexity index is 928. The number of aromatic hydroxyl groups is 2. The molecule has 0 spiro atoms. The molecule has 2 rings (SSSR count). The maximum Gasteiger partial charge on any atom is 0.315 e. The molecule has 0 saturated heterocycles. The van der Waals surface area contributed by atoms with E-state index in [4.69, 9.17) is 5.26 Å². The maximum atomic E-state index is 12.2. The molecule has 8 nitrogen and oxygen atoms in total. The Morgan fingerprint density at radius 1 is 1.32 bits per heavy atom. The van der Waals surface area contributed by atoms with Crippen molar-refractivity contribution in [1.82, 2.24) is 0 Å². The number of carbonyl (C=O) groups excluding carboxylic acids is 1. The number of hydrogen-bond acceptors (Lipinski definition) is 6. The van der Waals surface area contributed by atoms with Crippen LogP contribution >= 0.6 is 0 Å². The first-order valence-electron chi connectivity index (χ1n) is 7.02. The van der Waals surface area contributed by atoms with Gasteiger partial charge in [0.2, 0.25) is 5.75 Å². The molecule has 25 heavy (non-hydrogen) atoms. The fourth-order valence-electron chi connectivity index (χ4n) is 2.08. The van der Waals surface area contributed by atoms with Gasteiger partial charge in [0.05, 0.1) is 4.92 Å². The number of phenolic OH excluding ortho intramolecular Hbond substituents is 2. The first kappa shape index (κ1) is 17.5. The number of amides is 1. The van der Waals surface area contributed by atoms with Crippen LogP contribution in [-0.2, 0) is 4.79 Å². The molecule has 0 radical (unpaired) electrons. The molecule has 0 saturated carbocycles. The van der Waals surface area contributed by atoms with Crippen molar-refractivity contribution >= 4 is 23.4 Å². The number of rotatable bonds is 4. The van der Waals surface area contributed by atoms with Crippen LogP contribution < -0.4 is 5.32 Å². The largest absolute Gasteiger partial charge is 0.504 e. The first-order chi connectivity index (χ1) is 11.8. The summed E-state index contributed by atoms with van der Waals surface area (Å²) in [4.78, 5) is 22.2. The number of nitrogens with zero attached hydrogens (tertiary/aromatic N) is 2. The van der Waals surface area contributed by atoms with Gasteiger partial charge in [-0.2, -0.15) is 5.26 Å². The molecule has 0 atom stereocenters. The summed E-state index contributed by atoms with van der Waals surface area (Å²) in [7, 11) is 0. The van der Waals surface area contributed by atoms with E-state index in [1.165, 1.54) is 0 Å². The predicted molar refractivity (Wildman–Crippen MR) is 89.8 cm³/mol. The van der Waals surface area contributed by atoms with Gasteiger partial charge in [-0.05, 0) is 42.3 Å². The van der Waals surface area contributed by atoms with Gasteiger partial charge in [-0.15, -0.1) is 0 Å². The second kappa shape index (κ2) is 7.14. The number of nitro benzene ring substituents is 1. The van der Waals surface area contributed by atoms with E-state index in [2.05, 4.69) is 5.32 Å². The van der Waals surface area contributed by atoms with Crippen LogP contribution in [0.25, 0.3) is 6.08 Å². The van der Waals surface area contributed by atoms with Crippen molar-refractivity contribution in [2.24, 2.45) is 0 Å². The molecule has 0 aliphatic rings. The van der Waals surface area contributed by atoms with Gasteiger partial charge in [-0.1, -0.05) is 12.1 Å². The average molecular weight is 339 g/mol. The summed E-state index contributed by atoms with van der Waals surface area (Å²) in [5.41, 5.74) is 0.381. The Morgan fingerprint density at radius 3 is 2.64 bits per heavy atom. The van der Waals surface area contributed by atoms with E-state index < -0.39 is 28.0 Å². The van der Waals surface area contributed by atoms with Crippen LogP contribution in [0.3, 0.4) is 0 Å². The zero-order valence-corrected chi connectivity index (χ0v) is 13.1. The Kier molecular flexibility index (Phi) is 5.00. The highest BCUT2D eigenvalue weighted by molar-refractivity contribution is 6.09. The molecule has 0 aromatic heterocycles. The monoisotopic (exact) mass is 339 g/mol. The van der Waals surface area contributed by atoms with Crippen molar-refractivity contribution in [3.8, 4) is 17.6 Å². The lowest BCUT2D eigenvalue weighted by Crippen LogP contribution is -2.13. The summed E-state index contributed by atoms with van der Waals surface area (Å²) < 4.78 is 0.